The van der Waals surface area contributed by atoms with E-state index < -0.39 is 5.41 Å². The first-order chi connectivity index (χ1) is 15.0. The van der Waals surface area contributed by atoms with Gasteiger partial charge in [0.15, 0.2) is 0 Å². The molecule has 6 rings (SSSR count). The van der Waals surface area contributed by atoms with Crippen LogP contribution in [0.3, 0.4) is 0 Å². The molecule has 4 aromatic carbocycles. The Kier molecular flexibility index (Phi) is 3.68. The predicted octanol–water partition coefficient (Wildman–Crippen LogP) is 7.58. The SMILES string of the molecule is CC(C)(C)c1ccc2c(c1)C1(c3ccccc3Oc3ccccc31)c1ccccc1O2. The van der Waals surface area contributed by atoms with Crippen molar-refractivity contribution in [1.82, 2.24) is 0 Å². The van der Waals surface area contributed by atoms with Crippen LogP contribution in [0.1, 0.15) is 48.6 Å². The summed E-state index contributed by atoms with van der Waals surface area (Å²) in [5.74, 6) is 3.58. The standard InChI is InChI=1S/C29H24O2/c1-28(2,3)19-16-17-27-23(18-19)29(22-12-6-9-15-26(22)31-27)20-10-4-7-13-24(20)30-25-14-8-5-11-21(25)29/h4-18H,1-3H3. The Balaban J connectivity index is 1.81. The fourth-order valence-electron chi connectivity index (χ4n) is 5.08. The zero-order chi connectivity index (χ0) is 21.2. The first kappa shape index (κ1) is 18.3. The van der Waals surface area contributed by atoms with Crippen LogP contribution in [-0.4, -0.2) is 0 Å². The van der Waals surface area contributed by atoms with Gasteiger partial charge < -0.3 is 9.47 Å². The van der Waals surface area contributed by atoms with Gasteiger partial charge in [-0.2, -0.15) is 0 Å². The maximum atomic E-state index is 6.46. The highest BCUT2D eigenvalue weighted by Gasteiger charge is 2.50. The molecule has 2 aliphatic heterocycles. The van der Waals surface area contributed by atoms with E-state index in [1.54, 1.807) is 0 Å². The highest BCUT2D eigenvalue weighted by molar-refractivity contribution is 5.75. The summed E-state index contributed by atoms with van der Waals surface area (Å²) in [6.45, 7) is 6.76. The summed E-state index contributed by atoms with van der Waals surface area (Å²) in [7, 11) is 0. The van der Waals surface area contributed by atoms with Crippen LogP contribution in [0.4, 0.5) is 0 Å². The normalized spacial score (nSPS) is 15.1. The van der Waals surface area contributed by atoms with E-state index in [9.17, 15) is 0 Å². The molecule has 0 saturated carbocycles. The number of hydrogen-bond acceptors (Lipinski definition) is 2. The summed E-state index contributed by atoms with van der Waals surface area (Å²) < 4.78 is 12.9. The topological polar surface area (TPSA) is 18.5 Å². The molecule has 0 aliphatic carbocycles. The Hall–Kier alpha value is -3.52. The maximum Gasteiger partial charge on any atom is 0.132 e. The van der Waals surface area contributed by atoms with Crippen LogP contribution in [0.2, 0.25) is 0 Å². The third kappa shape index (κ3) is 2.45. The van der Waals surface area contributed by atoms with E-state index in [0.717, 1.165) is 39.7 Å². The molecule has 31 heavy (non-hydrogen) atoms. The molecule has 4 aromatic rings. The average Bonchev–Trinajstić information content (AvgIpc) is 2.78. The second-order valence-electron chi connectivity index (χ2n) is 9.40. The summed E-state index contributed by atoms with van der Waals surface area (Å²) in [6, 6.07) is 31.9. The zero-order valence-electron chi connectivity index (χ0n) is 18.0. The fraction of sp³-hybridized carbons (Fsp3) is 0.172. The first-order valence-corrected chi connectivity index (χ1v) is 10.8. The number of rotatable bonds is 0. The lowest BCUT2D eigenvalue weighted by atomic mass is 9.62. The Morgan fingerprint density at radius 2 is 0.935 bits per heavy atom. The van der Waals surface area contributed by atoms with E-state index in [4.69, 9.17) is 9.47 Å². The van der Waals surface area contributed by atoms with Crippen LogP contribution >= 0.6 is 0 Å². The third-order valence-electron chi connectivity index (χ3n) is 6.56. The van der Waals surface area contributed by atoms with E-state index in [2.05, 4.69) is 93.6 Å². The largest absolute Gasteiger partial charge is 0.457 e. The second kappa shape index (κ2) is 6.24. The fourth-order valence-corrected chi connectivity index (χ4v) is 5.08. The van der Waals surface area contributed by atoms with Gasteiger partial charge >= 0.3 is 0 Å². The summed E-state index contributed by atoms with van der Waals surface area (Å²) in [5.41, 5.74) is 5.43. The third-order valence-corrected chi connectivity index (χ3v) is 6.56. The minimum atomic E-state index is -0.503. The van der Waals surface area contributed by atoms with E-state index in [0.29, 0.717) is 0 Å². The van der Waals surface area contributed by atoms with E-state index in [-0.39, 0.29) is 5.41 Å². The molecule has 0 bridgehead atoms. The van der Waals surface area contributed by atoms with Gasteiger partial charge in [-0.15, -0.1) is 0 Å². The second-order valence-corrected chi connectivity index (χ2v) is 9.40. The number of ether oxygens (including phenoxy) is 2. The van der Waals surface area contributed by atoms with Gasteiger partial charge in [-0.25, -0.2) is 0 Å². The lowest BCUT2D eigenvalue weighted by Crippen LogP contribution is -2.37. The Morgan fingerprint density at radius 3 is 1.39 bits per heavy atom. The summed E-state index contributed by atoms with van der Waals surface area (Å²) in [4.78, 5) is 0. The van der Waals surface area contributed by atoms with E-state index in [1.807, 2.05) is 18.2 Å². The van der Waals surface area contributed by atoms with Crippen LogP contribution in [0.25, 0.3) is 0 Å². The number of benzene rings is 4. The molecule has 0 aromatic heterocycles. The first-order valence-electron chi connectivity index (χ1n) is 10.8. The monoisotopic (exact) mass is 404 g/mol. The number of para-hydroxylation sites is 3. The van der Waals surface area contributed by atoms with Gasteiger partial charge in [-0.05, 0) is 41.3 Å². The molecule has 2 nitrogen and oxygen atoms in total. The van der Waals surface area contributed by atoms with Crippen LogP contribution in [-0.2, 0) is 10.8 Å². The Labute approximate surface area is 183 Å². The molecule has 2 heterocycles. The minimum Gasteiger partial charge on any atom is -0.457 e. The van der Waals surface area contributed by atoms with Crippen molar-refractivity contribution in [2.45, 2.75) is 31.6 Å². The molecule has 1 spiro atoms. The summed E-state index contributed by atoms with van der Waals surface area (Å²) >= 11 is 0. The zero-order valence-corrected chi connectivity index (χ0v) is 18.0. The molecule has 0 fully saturated rings. The molecule has 2 aliphatic rings. The van der Waals surface area contributed by atoms with Crippen LogP contribution in [0.5, 0.6) is 23.0 Å². The molecule has 0 radical (unpaired) electrons. The van der Waals surface area contributed by atoms with Gasteiger partial charge in [0.1, 0.15) is 23.0 Å². The number of fused-ring (bicyclic) bond motifs is 8. The van der Waals surface area contributed by atoms with E-state index in [1.165, 1.54) is 11.1 Å². The summed E-state index contributed by atoms with van der Waals surface area (Å²) in [5, 5.41) is 0. The van der Waals surface area contributed by atoms with Gasteiger partial charge in [-0.3, -0.25) is 0 Å². The molecule has 0 saturated heterocycles. The molecular weight excluding hydrogens is 380 g/mol. The van der Waals surface area contributed by atoms with Crippen molar-refractivity contribution in [3.05, 3.63) is 119 Å². The van der Waals surface area contributed by atoms with Gasteiger partial charge in [-0.1, -0.05) is 81.4 Å². The van der Waals surface area contributed by atoms with Gasteiger partial charge in [0.2, 0.25) is 0 Å². The van der Waals surface area contributed by atoms with Crippen molar-refractivity contribution in [2.24, 2.45) is 0 Å². The smallest absolute Gasteiger partial charge is 0.132 e. The number of hydrogen-bond donors (Lipinski definition) is 0. The molecule has 0 N–H and O–H groups in total. The molecule has 0 amide bonds. The molecule has 0 unspecified atom stereocenters. The average molecular weight is 405 g/mol. The highest BCUT2D eigenvalue weighted by atomic mass is 16.5. The van der Waals surface area contributed by atoms with Crippen molar-refractivity contribution in [3.8, 4) is 23.0 Å². The molecule has 152 valence electrons. The predicted molar refractivity (Wildman–Crippen MR) is 124 cm³/mol. The lowest BCUT2D eigenvalue weighted by molar-refractivity contribution is 0.398. The van der Waals surface area contributed by atoms with Crippen molar-refractivity contribution >= 4 is 0 Å². The van der Waals surface area contributed by atoms with Crippen molar-refractivity contribution in [1.29, 1.82) is 0 Å². The maximum absolute atomic E-state index is 6.46. The highest BCUT2D eigenvalue weighted by Crippen LogP contribution is 2.61. The Bertz CT molecular complexity index is 1220. The Morgan fingerprint density at radius 1 is 0.516 bits per heavy atom. The van der Waals surface area contributed by atoms with Gasteiger partial charge in [0, 0.05) is 22.3 Å². The van der Waals surface area contributed by atoms with Gasteiger partial charge in [0.25, 0.3) is 0 Å². The van der Waals surface area contributed by atoms with Crippen molar-refractivity contribution in [3.63, 3.8) is 0 Å². The minimum absolute atomic E-state index is 0.0252. The quantitative estimate of drug-likeness (QED) is 0.260. The van der Waals surface area contributed by atoms with Crippen LogP contribution < -0.4 is 9.47 Å². The van der Waals surface area contributed by atoms with Gasteiger partial charge in [0.05, 0.1) is 5.41 Å². The van der Waals surface area contributed by atoms with E-state index >= 15 is 0 Å². The lowest BCUT2D eigenvalue weighted by Gasteiger charge is -2.45. The summed E-state index contributed by atoms with van der Waals surface area (Å²) in [6.07, 6.45) is 0. The molecule has 2 heteroatoms. The van der Waals surface area contributed by atoms with Crippen LogP contribution in [0, 0.1) is 0 Å². The van der Waals surface area contributed by atoms with Crippen molar-refractivity contribution in [2.75, 3.05) is 0 Å². The van der Waals surface area contributed by atoms with Crippen LogP contribution in [0.15, 0.2) is 91.0 Å². The molecule has 0 atom stereocenters. The molecular formula is C29H24O2. The van der Waals surface area contributed by atoms with Crippen molar-refractivity contribution < 1.29 is 9.47 Å².